The lowest BCUT2D eigenvalue weighted by atomic mass is 9.98. The summed E-state index contributed by atoms with van der Waals surface area (Å²) in [6.07, 6.45) is 5.40. The molecule has 1 saturated heterocycles. The van der Waals surface area contributed by atoms with Crippen LogP contribution in [0, 0.1) is 22.8 Å². The predicted octanol–water partition coefficient (Wildman–Crippen LogP) is 5.65. The molecule has 5 heteroatoms. The minimum atomic E-state index is -0.221. The zero-order valence-electron chi connectivity index (χ0n) is 19.3. The molecule has 172 valence electrons. The number of nitrogens with zero attached hydrogens (tertiary/aromatic N) is 2. The van der Waals surface area contributed by atoms with Gasteiger partial charge in [0, 0.05) is 47.8 Å². The molecule has 0 spiro atoms. The number of fused-ring (bicyclic) bond motifs is 3. The van der Waals surface area contributed by atoms with Crippen molar-refractivity contribution >= 4 is 28.7 Å². The average Bonchev–Trinajstić information content (AvgIpc) is 3.19. The van der Waals surface area contributed by atoms with E-state index in [4.69, 9.17) is 11.2 Å². The van der Waals surface area contributed by atoms with Crippen LogP contribution in [0.1, 0.15) is 33.7 Å². The van der Waals surface area contributed by atoms with Gasteiger partial charge in [0.15, 0.2) is 0 Å². The second-order valence-electron chi connectivity index (χ2n) is 8.95. The van der Waals surface area contributed by atoms with Crippen molar-refractivity contribution in [3.63, 3.8) is 0 Å². The average molecular weight is 562 g/mol. The molecule has 3 aromatic rings. The van der Waals surface area contributed by atoms with E-state index >= 15 is 0 Å². The number of carbonyl (C=O) groups is 1. The van der Waals surface area contributed by atoms with Crippen molar-refractivity contribution in [3.8, 4) is 23.5 Å². The maximum absolute atomic E-state index is 12.9. The van der Waals surface area contributed by atoms with E-state index in [9.17, 15) is 4.79 Å². The summed E-state index contributed by atoms with van der Waals surface area (Å²) in [5.41, 5.74) is 8.41. The molecular formula is C29H27IN2O2. The van der Waals surface area contributed by atoms with Crippen LogP contribution in [0.3, 0.4) is 0 Å². The highest BCUT2D eigenvalue weighted by Crippen LogP contribution is 2.44. The van der Waals surface area contributed by atoms with Gasteiger partial charge in [0.25, 0.3) is 0 Å². The topological polar surface area (TPSA) is 32.8 Å². The van der Waals surface area contributed by atoms with E-state index in [-0.39, 0.29) is 12.0 Å². The second kappa shape index (κ2) is 9.81. The smallest absolute Gasteiger partial charge is 0.409 e. The van der Waals surface area contributed by atoms with Gasteiger partial charge >= 0.3 is 6.09 Å². The molecule has 1 aliphatic heterocycles. The summed E-state index contributed by atoms with van der Waals surface area (Å²) in [5.74, 6) is 2.84. The van der Waals surface area contributed by atoms with E-state index in [0.29, 0.717) is 19.7 Å². The van der Waals surface area contributed by atoms with Crippen LogP contribution >= 0.6 is 22.6 Å². The monoisotopic (exact) mass is 562 g/mol. The van der Waals surface area contributed by atoms with E-state index in [2.05, 4.69) is 101 Å². The molecule has 3 aromatic carbocycles. The third-order valence-corrected chi connectivity index (χ3v) is 8.10. The summed E-state index contributed by atoms with van der Waals surface area (Å²) >= 11 is 2.35. The van der Waals surface area contributed by atoms with Crippen LogP contribution in [-0.4, -0.2) is 48.7 Å². The number of amides is 1. The summed E-state index contributed by atoms with van der Waals surface area (Å²) in [6, 6.07) is 21.0. The third kappa shape index (κ3) is 4.45. The van der Waals surface area contributed by atoms with Gasteiger partial charge in [0.2, 0.25) is 0 Å². The molecule has 5 rings (SSSR count). The lowest BCUT2D eigenvalue weighted by molar-refractivity contribution is 0.0728. The number of carbonyl (C=O) groups excluding carboxylic acids is 1. The van der Waals surface area contributed by atoms with Gasteiger partial charge in [-0.2, -0.15) is 0 Å². The van der Waals surface area contributed by atoms with Gasteiger partial charge in [0.1, 0.15) is 6.61 Å². The van der Waals surface area contributed by atoms with E-state index in [1.54, 1.807) is 0 Å². The number of hydrogen-bond donors (Lipinski definition) is 0. The standard InChI is InChI=1S/C29H27IN2O2/c1-3-21-16-22(20(2)28(30)17-21)18-31-12-14-32(15-13-31)29(33)34-19-27-25-10-6-4-8-23(25)24-9-5-7-11-26(24)27/h1,4-11,16-17,27H,12-15,18-19H2,2H3. The Kier molecular flexibility index (Phi) is 6.62. The molecule has 1 heterocycles. The molecular weight excluding hydrogens is 535 g/mol. The maximum Gasteiger partial charge on any atom is 0.409 e. The molecule has 0 atom stereocenters. The van der Waals surface area contributed by atoms with Gasteiger partial charge in [-0.25, -0.2) is 4.79 Å². The summed E-state index contributed by atoms with van der Waals surface area (Å²) < 4.78 is 7.04. The number of piperazine rings is 1. The van der Waals surface area contributed by atoms with Gasteiger partial charge in [-0.15, -0.1) is 6.42 Å². The van der Waals surface area contributed by atoms with Gasteiger partial charge in [0.05, 0.1) is 0 Å². The number of benzene rings is 3. The Bertz CT molecular complexity index is 1230. The normalized spacial score (nSPS) is 15.5. The van der Waals surface area contributed by atoms with Crippen LogP contribution in [0.4, 0.5) is 4.79 Å². The fraction of sp³-hybridized carbons (Fsp3) is 0.276. The lowest BCUT2D eigenvalue weighted by Gasteiger charge is -2.34. The van der Waals surface area contributed by atoms with Crippen molar-refractivity contribution in [2.75, 3.05) is 32.8 Å². The minimum absolute atomic E-state index is 0.0894. The molecule has 1 amide bonds. The molecule has 1 fully saturated rings. The fourth-order valence-electron chi connectivity index (χ4n) is 5.00. The minimum Gasteiger partial charge on any atom is -0.448 e. The van der Waals surface area contributed by atoms with E-state index in [0.717, 1.165) is 25.2 Å². The van der Waals surface area contributed by atoms with Crippen LogP contribution in [0.5, 0.6) is 0 Å². The van der Waals surface area contributed by atoms with Gasteiger partial charge in [-0.1, -0.05) is 54.5 Å². The Morgan fingerprint density at radius 3 is 2.26 bits per heavy atom. The van der Waals surface area contributed by atoms with Crippen molar-refractivity contribution < 1.29 is 9.53 Å². The second-order valence-corrected chi connectivity index (χ2v) is 10.1. The quantitative estimate of drug-likeness (QED) is 0.305. The van der Waals surface area contributed by atoms with Crippen LogP contribution in [-0.2, 0) is 11.3 Å². The highest BCUT2D eigenvalue weighted by atomic mass is 127. The maximum atomic E-state index is 12.9. The molecule has 0 radical (unpaired) electrons. The van der Waals surface area contributed by atoms with Crippen LogP contribution < -0.4 is 0 Å². The Morgan fingerprint density at radius 2 is 1.65 bits per heavy atom. The molecule has 0 N–H and O–H groups in total. The predicted molar refractivity (Wildman–Crippen MR) is 144 cm³/mol. The van der Waals surface area contributed by atoms with Crippen LogP contribution in [0.15, 0.2) is 60.7 Å². The first-order valence-electron chi connectivity index (χ1n) is 11.6. The Labute approximate surface area is 215 Å². The van der Waals surface area contributed by atoms with Gasteiger partial charge < -0.3 is 9.64 Å². The number of halogens is 1. The Balaban J connectivity index is 1.19. The van der Waals surface area contributed by atoms with Crippen molar-refractivity contribution in [2.24, 2.45) is 0 Å². The number of hydrogen-bond acceptors (Lipinski definition) is 3. The summed E-state index contributed by atoms with van der Waals surface area (Å²) in [7, 11) is 0. The summed E-state index contributed by atoms with van der Waals surface area (Å²) in [4.78, 5) is 17.1. The van der Waals surface area contributed by atoms with Crippen molar-refractivity contribution in [1.82, 2.24) is 9.80 Å². The highest BCUT2D eigenvalue weighted by Gasteiger charge is 2.30. The molecule has 0 saturated carbocycles. The third-order valence-electron chi connectivity index (χ3n) is 6.98. The zero-order chi connectivity index (χ0) is 23.7. The van der Waals surface area contributed by atoms with Crippen LogP contribution in [0.25, 0.3) is 11.1 Å². The zero-order valence-corrected chi connectivity index (χ0v) is 21.4. The largest absolute Gasteiger partial charge is 0.448 e. The number of ether oxygens (including phenoxy) is 1. The van der Waals surface area contributed by atoms with E-state index in [1.807, 2.05) is 4.90 Å². The Hall–Kier alpha value is -2.82. The summed E-state index contributed by atoms with van der Waals surface area (Å²) in [5, 5.41) is 0. The molecule has 4 nitrogen and oxygen atoms in total. The van der Waals surface area contributed by atoms with E-state index in [1.165, 1.54) is 37.0 Å². The molecule has 0 unspecified atom stereocenters. The first kappa shape index (κ1) is 22.9. The number of rotatable bonds is 4. The fourth-order valence-corrected chi connectivity index (χ4v) is 5.68. The molecule has 0 aromatic heterocycles. The van der Waals surface area contributed by atoms with E-state index < -0.39 is 0 Å². The van der Waals surface area contributed by atoms with Crippen molar-refractivity contribution in [3.05, 3.63) is 92.1 Å². The molecule has 2 aliphatic rings. The van der Waals surface area contributed by atoms with Gasteiger partial charge in [-0.05, 0) is 75.0 Å². The van der Waals surface area contributed by atoms with Crippen molar-refractivity contribution in [1.29, 1.82) is 0 Å². The molecule has 0 bridgehead atoms. The lowest BCUT2D eigenvalue weighted by Crippen LogP contribution is -2.48. The SMILES string of the molecule is C#Cc1cc(I)c(C)c(CN2CCN(C(=O)OCC3c4ccccc4-c4ccccc43)CC2)c1. The number of terminal acetylenes is 1. The van der Waals surface area contributed by atoms with Crippen molar-refractivity contribution in [2.45, 2.75) is 19.4 Å². The first-order valence-corrected chi connectivity index (χ1v) is 12.7. The molecule has 1 aliphatic carbocycles. The summed E-state index contributed by atoms with van der Waals surface area (Å²) in [6.45, 7) is 6.33. The van der Waals surface area contributed by atoms with Gasteiger partial charge in [-0.3, -0.25) is 4.90 Å². The molecule has 34 heavy (non-hydrogen) atoms. The highest BCUT2D eigenvalue weighted by molar-refractivity contribution is 14.1. The Morgan fingerprint density at radius 1 is 1.03 bits per heavy atom. The van der Waals surface area contributed by atoms with Crippen LogP contribution in [0.2, 0.25) is 0 Å². The first-order chi connectivity index (χ1) is 16.5.